The topological polar surface area (TPSA) is 74.6 Å². The number of rotatable bonds is 7. The van der Waals surface area contributed by atoms with E-state index in [1.807, 2.05) is 13.8 Å². The Balaban J connectivity index is 4.37. The lowest BCUT2D eigenvalue weighted by Gasteiger charge is -2.10. The summed E-state index contributed by atoms with van der Waals surface area (Å²) in [6, 6.07) is 0. The molecule has 0 heterocycles. The minimum absolute atomic E-state index is 0.0127. The maximum absolute atomic E-state index is 10.9. The minimum Gasteiger partial charge on any atom is -0.481 e. The Bertz CT molecular complexity index is 255. The van der Waals surface area contributed by atoms with Crippen molar-refractivity contribution in [2.45, 2.75) is 39.5 Å². The molecule has 0 aromatic rings. The zero-order valence-electron chi connectivity index (χ0n) is 9.19. The second-order valence-electron chi connectivity index (χ2n) is 3.59. The van der Waals surface area contributed by atoms with Crippen LogP contribution in [-0.2, 0) is 9.59 Å². The molecule has 0 radical (unpaired) electrons. The Morgan fingerprint density at radius 3 is 2.33 bits per heavy atom. The quantitative estimate of drug-likeness (QED) is 0.637. The van der Waals surface area contributed by atoms with E-state index in [0.29, 0.717) is 5.57 Å². The van der Waals surface area contributed by atoms with Gasteiger partial charge in [-0.25, -0.2) is 4.79 Å². The SMILES string of the molecule is CCCC(C)/C(=C\CCC(=O)O)C(=O)O. The van der Waals surface area contributed by atoms with Gasteiger partial charge in [0.05, 0.1) is 0 Å². The van der Waals surface area contributed by atoms with Gasteiger partial charge in [-0.15, -0.1) is 0 Å². The summed E-state index contributed by atoms with van der Waals surface area (Å²) in [5.41, 5.74) is 0.332. The third kappa shape index (κ3) is 5.88. The van der Waals surface area contributed by atoms with Crippen LogP contribution in [0.15, 0.2) is 11.6 Å². The van der Waals surface area contributed by atoms with Gasteiger partial charge in [-0.3, -0.25) is 4.79 Å². The Hall–Kier alpha value is -1.32. The highest BCUT2D eigenvalue weighted by Crippen LogP contribution is 2.17. The van der Waals surface area contributed by atoms with Gasteiger partial charge in [-0.1, -0.05) is 26.3 Å². The Labute approximate surface area is 89.6 Å². The van der Waals surface area contributed by atoms with Crippen LogP contribution in [0.2, 0.25) is 0 Å². The first-order valence-corrected chi connectivity index (χ1v) is 5.14. The number of hydrogen-bond donors (Lipinski definition) is 2. The molecule has 0 aromatic carbocycles. The first-order chi connectivity index (χ1) is 6.99. The molecule has 15 heavy (non-hydrogen) atoms. The lowest BCUT2D eigenvalue weighted by atomic mass is 9.95. The maximum Gasteiger partial charge on any atom is 0.331 e. The fourth-order valence-electron chi connectivity index (χ4n) is 1.44. The van der Waals surface area contributed by atoms with Gasteiger partial charge in [0.1, 0.15) is 0 Å². The van der Waals surface area contributed by atoms with Crippen LogP contribution in [0.25, 0.3) is 0 Å². The average Bonchev–Trinajstić information content (AvgIpc) is 2.11. The summed E-state index contributed by atoms with van der Waals surface area (Å²) < 4.78 is 0. The number of carbonyl (C=O) groups is 2. The molecule has 2 N–H and O–H groups in total. The zero-order chi connectivity index (χ0) is 11.8. The molecule has 0 spiro atoms. The summed E-state index contributed by atoms with van der Waals surface area (Å²) in [5.74, 6) is -1.86. The summed E-state index contributed by atoms with van der Waals surface area (Å²) in [6.45, 7) is 3.84. The average molecular weight is 214 g/mol. The van der Waals surface area contributed by atoms with Crippen molar-refractivity contribution in [1.82, 2.24) is 0 Å². The second-order valence-corrected chi connectivity index (χ2v) is 3.59. The summed E-state index contributed by atoms with van der Waals surface area (Å²) in [6.07, 6.45) is 3.52. The third-order valence-corrected chi connectivity index (χ3v) is 2.22. The molecule has 1 atom stereocenters. The van der Waals surface area contributed by atoms with Gasteiger partial charge >= 0.3 is 11.9 Å². The third-order valence-electron chi connectivity index (χ3n) is 2.22. The van der Waals surface area contributed by atoms with Crippen molar-refractivity contribution in [1.29, 1.82) is 0 Å². The lowest BCUT2D eigenvalue weighted by molar-refractivity contribution is -0.137. The number of carboxylic acids is 2. The summed E-state index contributed by atoms with van der Waals surface area (Å²) in [4.78, 5) is 21.1. The fourth-order valence-corrected chi connectivity index (χ4v) is 1.44. The molecule has 0 aliphatic rings. The molecule has 0 aliphatic carbocycles. The van der Waals surface area contributed by atoms with Gasteiger partial charge in [0, 0.05) is 12.0 Å². The molecule has 4 heteroatoms. The molecule has 0 bridgehead atoms. The van der Waals surface area contributed by atoms with Crippen LogP contribution in [0.1, 0.15) is 39.5 Å². The Kier molecular flexibility index (Phi) is 6.42. The predicted molar refractivity (Wildman–Crippen MR) is 56.7 cm³/mol. The van der Waals surface area contributed by atoms with Crippen molar-refractivity contribution >= 4 is 11.9 Å². The molecule has 0 rings (SSSR count). The smallest absolute Gasteiger partial charge is 0.331 e. The van der Waals surface area contributed by atoms with Crippen LogP contribution in [0.5, 0.6) is 0 Å². The van der Waals surface area contributed by atoms with Gasteiger partial charge in [0.25, 0.3) is 0 Å². The standard InChI is InChI=1S/C11H18O4/c1-3-5-8(2)9(11(14)15)6-4-7-10(12)13/h6,8H,3-5,7H2,1-2H3,(H,12,13)(H,14,15)/b9-6+. The van der Waals surface area contributed by atoms with Gasteiger partial charge in [0.2, 0.25) is 0 Å². The lowest BCUT2D eigenvalue weighted by Crippen LogP contribution is -2.10. The monoisotopic (exact) mass is 214 g/mol. The van der Waals surface area contributed by atoms with Crippen LogP contribution >= 0.6 is 0 Å². The van der Waals surface area contributed by atoms with E-state index in [1.54, 1.807) is 0 Å². The van der Waals surface area contributed by atoms with Crippen LogP contribution in [-0.4, -0.2) is 22.2 Å². The van der Waals surface area contributed by atoms with E-state index < -0.39 is 11.9 Å². The first-order valence-electron chi connectivity index (χ1n) is 5.14. The molecule has 0 aliphatic heterocycles. The molecule has 0 saturated heterocycles. The van der Waals surface area contributed by atoms with E-state index >= 15 is 0 Å². The molecule has 4 nitrogen and oxygen atoms in total. The molecule has 1 unspecified atom stereocenters. The number of carboxylic acid groups (broad SMARTS) is 2. The maximum atomic E-state index is 10.9. The molecule has 0 aromatic heterocycles. The van der Waals surface area contributed by atoms with Crippen LogP contribution in [0, 0.1) is 5.92 Å². The normalized spacial score (nSPS) is 13.6. The van der Waals surface area contributed by atoms with Gasteiger partial charge in [-0.2, -0.15) is 0 Å². The van der Waals surface area contributed by atoms with Crippen molar-refractivity contribution in [3.63, 3.8) is 0 Å². The molecule has 0 fully saturated rings. The van der Waals surface area contributed by atoms with E-state index in [2.05, 4.69) is 0 Å². The van der Waals surface area contributed by atoms with E-state index in [-0.39, 0.29) is 18.8 Å². The van der Waals surface area contributed by atoms with Gasteiger partial charge in [0.15, 0.2) is 0 Å². The van der Waals surface area contributed by atoms with Crippen molar-refractivity contribution in [2.24, 2.45) is 5.92 Å². The highest BCUT2D eigenvalue weighted by molar-refractivity contribution is 5.87. The van der Waals surface area contributed by atoms with Crippen LogP contribution in [0.4, 0.5) is 0 Å². The second kappa shape index (κ2) is 7.04. The Morgan fingerprint density at radius 2 is 1.93 bits per heavy atom. The molecule has 86 valence electrons. The summed E-state index contributed by atoms with van der Waals surface area (Å²) >= 11 is 0. The number of hydrogen-bond acceptors (Lipinski definition) is 2. The van der Waals surface area contributed by atoms with Crippen molar-refractivity contribution < 1.29 is 19.8 Å². The molecular weight excluding hydrogens is 196 g/mol. The zero-order valence-corrected chi connectivity index (χ0v) is 9.19. The van der Waals surface area contributed by atoms with E-state index in [4.69, 9.17) is 10.2 Å². The van der Waals surface area contributed by atoms with Crippen LogP contribution in [0.3, 0.4) is 0 Å². The Morgan fingerprint density at radius 1 is 1.33 bits per heavy atom. The highest BCUT2D eigenvalue weighted by Gasteiger charge is 2.14. The largest absolute Gasteiger partial charge is 0.481 e. The van der Waals surface area contributed by atoms with Crippen LogP contribution < -0.4 is 0 Å². The van der Waals surface area contributed by atoms with E-state index in [0.717, 1.165) is 12.8 Å². The fraction of sp³-hybridized carbons (Fsp3) is 0.636. The minimum atomic E-state index is -0.943. The number of allylic oxidation sites excluding steroid dienone is 1. The van der Waals surface area contributed by atoms with Crippen molar-refractivity contribution in [3.8, 4) is 0 Å². The first kappa shape index (κ1) is 13.7. The molecule has 0 amide bonds. The van der Waals surface area contributed by atoms with Gasteiger partial charge < -0.3 is 10.2 Å². The van der Waals surface area contributed by atoms with E-state index in [9.17, 15) is 9.59 Å². The number of aliphatic carboxylic acids is 2. The summed E-state index contributed by atoms with van der Waals surface area (Å²) in [5, 5.41) is 17.4. The molecular formula is C11H18O4. The molecule has 0 saturated carbocycles. The van der Waals surface area contributed by atoms with Gasteiger partial charge in [-0.05, 0) is 18.8 Å². The summed E-state index contributed by atoms with van der Waals surface area (Å²) in [7, 11) is 0. The van der Waals surface area contributed by atoms with E-state index in [1.165, 1.54) is 6.08 Å². The highest BCUT2D eigenvalue weighted by atomic mass is 16.4. The van der Waals surface area contributed by atoms with Crippen molar-refractivity contribution in [2.75, 3.05) is 0 Å². The predicted octanol–water partition coefficient (Wildman–Crippen LogP) is 2.30. The van der Waals surface area contributed by atoms with Crippen molar-refractivity contribution in [3.05, 3.63) is 11.6 Å².